The average Bonchev–Trinajstić information content (AvgIpc) is 2.40. The first-order chi connectivity index (χ1) is 8.72. The molecule has 0 saturated heterocycles. The van der Waals surface area contributed by atoms with Crippen LogP contribution in [0.3, 0.4) is 0 Å². The first kappa shape index (κ1) is 12.9. The molecule has 2 atom stereocenters. The van der Waals surface area contributed by atoms with E-state index in [1.165, 1.54) is 25.7 Å². The van der Waals surface area contributed by atoms with Crippen molar-refractivity contribution in [2.45, 2.75) is 45.6 Å². The van der Waals surface area contributed by atoms with Crippen molar-refractivity contribution in [1.29, 1.82) is 5.26 Å². The van der Waals surface area contributed by atoms with Crippen LogP contribution in [-0.4, -0.2) is 11.0 Å². The van der Waals surface area contributed by atoms with Crippen molar-refractivity contribution in [1.82, 2.24) is 4.98 Å². The molecule has 2 unspecified atom stereocenters. The molecule has 3 heteroatoms. The molecule has 1 aliphatic carbocycles. The van der Waals surface area contributed by atoms with E-state index in [2.05, 4.69) is 30.2 Å². The van der Waals surface area contributed by atoms with Crippen LogP contribution in [0.4, 0.5) is 5.69 Å². The van der Waals surface area contributed by atoms with Crippen molar-refractivity contribution in [3.63, 3.8) is 0 Å². The van der Waals surface area contributed by atoms with E-state index in [0.29, 0.717) is 23.6 Å². The molecule has 1 aromatic heterocycles. The first-order valence-electron chi connectivity index (χ1n) is 6.84. The number of hydrogen-bond acceptors (Lipinski definition) is 3. The van der Waals surface area contributed by atoms with E-state index in [1.807, 2.05) is 12.1 Å². The minimum absolute atomic E-state index is 0.482. The number of pyridine rings is 1. The van der Waals surface area contributed by atoms with Crippen molar-refractivity contribution >= 4 is 5.69 Å². The van der Waals surface area contributed by atoms with E-state index in [4.69, 9.17) is 5.26 Å². The van der Waals surface area contributed by atoms with Gasteiger partial charge in [0.25, 0.3) is 0 Å². The van der Waals surface area contributed by atoms with Gasteiger partial charge in [-0.05, 0) is 36.8 Å². The molecule has 1 aliphatic rings. The standard InChI is InChI=1S/C15H21N3/c1-11(2)12-6-3-4-7-13(12)18-14-8-5-9-17-15(14)10-16/h5,8-9,11-13,18H,3-4,6-7H2,1-2H3. The van der Waals surface area contributed by atoms with Gasteiger partial charge in [-0.15, -0.1) is 0 Å². The number of nitrogens with one attached hydrogen (secondary N) is 1. The van der Waals surface area contributed by atoms with Gasteiger partial charge in [0.1, 0.15) is 6.07 Å². The van der Waals surface area contributed by atoms with Crippen LogP contribution >= 0.6 is 0 Å². The predicted molar refractivity (Wildman–Crippen MR) is 73.2 cm³/mol. The second-order valence-electron chi connectivity index (χ2n) is 5.45. The number of nitrogens with zero attached hydrogens (tertiary/aromatic N) is 2. The number of nitriles is 1. The molecular formula is C15H21N3. The molecule has 2 rings (SSSR count). The molecule has 1 aromatic rings. The van der Waals surface area contributed by atoms with E-state index in [1.54, 1.807) is 6.20 Å². The Labute approximate surface area is 109 Å². The third kappa shape index (κ3) is 2.81. The van der Waals surface area contributed by atoms with E-state index in [0.717, 1.165) is 5.69 Å². The minimum atomic E-state index is 0.482. The van der Waals surface area contributed by atoms with Gasteiger partial charge in [0, 0.05) is 12.2 Å². The monoisotopic (exact) mass is 243 g/mol. The Morgan fingerprint density at radius 1 is 1.39 bits per heavy atom. The normalized spacial score (nSPS) is 23.7. The molecule has 0 radical (unpaired) electrons. The Morgan fingerprint density at radius 3 is 2.89 bits per heavy atom. The smallest absolute Gasteiger partial charge is 0.163 e. The maximum absolute atomic E-state index is 9.07. The van der Waals surface area contributed by atoms with Crippen LogP contribution in [0.15, 0.2) is 18.3 Å². The Kier molecular flexibility index (Phi) is 4.19. The Bertz CT molecular complexity index is 434. The number of aromatic nitrogens is 1. The van der Waals surface area contributed by atoms with Gasteiger partial charge in [0.2, 0.25) is 0 Å². The highest BCUT2D eigenvalue weighted by molar-refractivity contribution is 5.54. The molecule has 3 nitrogen and oxygen atoms in total. The number of anilines is 1. The second kappa shape index (κ2) is 5.86. The van der Waals surface area contributed by atoms with Crippen LogP contribution in [0, 0.1) is 23.2 Å². The van der Waals surface area contributed by atoms with Crippen molar-refractivity contribution in [3.05, 3.63) is 24.0 Å². The summed E-state index contributed by atoms with van der Waals surface area (Å²) >= 11 is 0. The molecule has 1 fully saturated rings. The van der Waals surface area contributed by atoms with Gasteiger partial charge in [-0.2, -0.15) is 5.26 Å². The summed E-state index contributed by atoms with van der Waals surface area (Å²) in [5.74, 6) is 1.38. The van der Waals surface area contributed by atoms with Gasteiger partial charge in [-0.1, -0.05) is 26.7 Å². The molecule has 0 aliphatic heterocycles. The summed E-state index contributed by atoms with van der Waals surface area (Å²) in [5.41, 5.74) is 1.39. The zero-order chi connectivity index (χ0) is 13.0. The highest BCUT2D eigenvalue weighted by atomic mass is 14.9. The van der Waals surface area contributed by atoms with Crippen molar-refractivity contribution in [2.75, 3.05) is 5.32 Å². The lowest BCUT2D eigenvalue weighted by molar-refractivity contribution is 0.254. The first-order valence-corrected chi connectivity index (χ1v) is 6.84. The highest BCUT2D eigenvalue weighted by Gasteiger charge is 2.27. The zero-order valence-corrected chi connectivity index (χ0v) is 11.2. The Hall–Kier alpha value is -1.56. The summed E-state index contributed by atoms with van der Waals surface area (Å²) in [4.78, 5) is 4.11. The molecule has 1 heterocycles. The fourth-order valence-corrected chi connectivity index (χ4v) is 2.95. The predicted octanol–water partition coefficient (Wildman–Crippen LogP) is 3.58. The van der Waals surface area contributed by atoms with E-state index in [-0.39, 0.29) is 0 Å². The molecule has 0 aromatic carbocycles. The van der Waals surface area contributed by atoms with Crippen molar-refractivity contribution < 1.29 is 0 Å². The zero-order valence-electron chi connectivity index (χ0n) is 11.2. The summed E-state index contributed by atoms with van der Waals surface area (Å²) in [6.07, 6.45) is 6.77. The molecule has 0 spiro atoms. The van der Waals surface area contributed by atoms with Gasteiger partial charge in [0.15, 0.2) is 5.69 Å². The summed E-state index contributed by atoms with van der Waals surface area (Å²) in [5, 5.41) is 12.6. The van der Waals surface area contributed by atoms with Crippen LogP contribution in [0.5, 0.6) is 0 Å². The summed E-state index contributed by atoms with van der Waals surface area (Å²) < 4.78 is 0. The van der Waals surface area contributed by atoms with E-state index < -0.39 is 0 Å². The van der Waals surface area contributed by atoms with Gasteiger partial charge < -0.3 is 5.32 Å². The Morgan fingerprint density at radius 2 is 2.17 bits per heavy atom. The van der Waals surface area contributed by atoms with Crippen LogP contribution in [-0.2, 0) is 0 Å². The van der Waals surface area contributed by atoms with Crippen LogP contribution in [0.1, 0.15) is 45.2 Å². The summed E-state index contributed by atoms with van der Waals surface area (Å²) in [6.45, 7) is 4.58. The second-order valence-corrected chi connectivity index (χ2v) is 5.45. The third-order valence-electron chi connectivity index (χ3n) is 3.93. The number of hydrogen-bond donors (Lipinski definition) is 1. The molecule has 1 N–H and O–H groups in total. The van der Waals surface area contributed by atoms with Gasteiger partial charge in [0.05, 0.1) is 5.69 Å². The van der Waals surface area contributed by atoms with Crippen molar-refractivity contribution in [3.8, 4) is 6.07 Å². The van der Waals surface area contributed by atoms with Crippen molar-refractivity contribution in [2.24, 2.45) is 11.8 Å². The lowest BCUT2D eigenvalue weighted by Gasteiger charge is -2.35. The van der Waals surface area contributed by atoms with Gasteiger partial charge in [-0.3, -0.25) is 0 Å². The van der Waals surface area contributed by atoms with Crippen LogP contribution in [0.25, 0.3) is 0 Å². The molecule has 0 bridgehead atoms. The Balaban J connectivity index is 2.14. The fourth-order valence-electron chi connectivity index (χ4n) is 2.95. The summed E-state index contributed by atoms with van der Waals surface area (Å²) in [7, 11) is 0. The van der Waals surface area contributed by atoms with Crippen LogP contribution in [0.2, 0.25) is 0 Å². The topological polar surface area (TPSA) is 48.7 Å². The number of rotatable bonds is 3. The van der Waals surface area contributed by atoms with E-state index in [9.17, 15) is 0 Å². The lowest BCUT2D eigenvalue weighted by Crippen LogP contribution is -2.35. The maximum Gasteiger partial charge on any atom is 0.163 e. The molecule has 1 saturated carbocycles. The maximum atomic E-state index is 9.07. The van der Waals surface area contributed by atoms with Gasteiger partial charge in [-0.25, -0.2) is 4.98 Å². The highest BCUT2D eigenvalue weighted by Crippen LogP contribution is 2.32. The lowest BCUT2D eigenvalue weighted by atomic mass is 9.78. The van der Waals surface area contributed by atoms with E-state index >= 15 is 0 Å². The fraction of sp³-hybridized carbons (Fsp3) is 0.600. The van der Waals surface area contributed by atoms with Crippen LogP contribution < -0.4 is 5.32 Å². The third-order valence-corrected chi connectivity index (χ3v) is 3.93. The average molecular weight is 243 g/mol. The largest absolute Gasteiger partial charge is 0.380 e. The SMILES string of the molecule is CC(C)C1CCCCC1Nc1cccnc1C#N. The molecule has 96 valence electrons. The van der Waals surface area contributed by atoms with Gasteiger partial charge >= 0.3 is 0 Å². The summed E-state index contributed by atoms with van der Waals surface area (Å²) in [6, 6.07) is 6.48. The molecule has 18 heavy (non-hydrogen) atoms. The molecule has 0 amide bonds. The molecular weight excluding hydrogens is 222 g/mol. The minimum Gasteiger partial charge on any atom is -0.380 e. The quantitative estimate of drug-likeness (QED) is 0.882.